The molecule has 0 amide bonds. The third kappa shape index (κ3) is 3.23. The lowest BCUT2D eigenvalue weighted by molar-refractivity contribution is 0.598. The smallest absolute Gasteiger partial charge is 0.241 e. The molecular formula is C12H12ClN3O2S. The van der Waals surface area contributed by atoms with Crippen molar-refractivity contribution in [1.82, 2.24) is 4.98 Å². The molecule has 0 bridgehead atoms. The Balaban J connectivity index is 2.41. The van der Waals surface area contributed by atoms with Crippen LogP contribution in [-0.4, -0.2) is 13.4 Å². The lowest BCUT2D eigenvalue weighted by Crippen LogP contribution is -2.14. The van der Waals surface area contributed by atoms with Gasteiger partial charge in [-0.2, -0.15) is 0 Å². The van der Waals surface area contributed by atoms with Gasteiger partial charge in [-0.15, -0.1) is 0 Å². The maximum Gasteiger partial charge on any atom is 0.241 e. The van der Waals surface area contributed by atoms with E-state index in [1.165, 1.54) is 18.3 Å². The van der Waals surface area contributed by atoms with Crippen LogP contribution in [0.5, 0.6) is 0 Å². The van der Waals surface area contributed by atoms with Crippen molar-refractivity contribution in [2.75, 3.05) is 5.32 Å². The number of nitrogens with two attached hydrogens (primary N) is 1. The zero-order valence-corrected chi connectivity index (χ0v) is 11.7. The van der Waals surface area contributed by atoms with E-state index in [1.807, 2.05) is 13.0 Å². The van der Waals surface area contributed by atoms with E-state index >= 15 is 0 Å². The molecule has 5 nitrogen and oxygen atoms in total. The van der Waals surface area contributed by atoms with Gasteiger partial charge >= 0.3 is 0 Å². The van der Waals surface area contributed by atoms with Crippen LogP contribution in [0.2, 0.25) is 5.02 Å². The van der Waals surface area contributed by atoms with Gasteiger partial charge in [0.1, 0.15) is 4.90 Å². The topological polar surface area (TPSA) is 85.1 Å². The molecule has 0 aliphatic heterocycles. The summed E-state index contributed by atoms with van der Waals surface area (Å²) in [5, 5.41) is 8.61. The standard InChI is InChI=1S/C12H12ClN3O2S/c1-8-4-5-9(7-10(8)13)16-12-11(19(14,17)18)3-2-6-15-12/h2-7H,1H3,(H,15,16)(H2,14,17,18). The number of nitrogens with zero attached hydrogens (tertiary/aromatic N) is 1. The van der Waals surface area contributed by atoms with Crippen molar-refractivity contribution in [2.24, 2.45) is 5.14 Å². The van der Waals surface area contributed by atoms with E-state index in [0.717, 1.165) is 5.56 Å². The molecule has 1 heterocycles. The van der Waals surface area contributed by atoms with Crippen molar-refractivity contribution in [3.8, 4) is 0 Å². The highest BCUT2D eigenvalue weighted by molar-refractivity contribution is 7.89. The van der Waals surface area contributed by atoms with E-state index < -0.39 is 10.0 Å². The van der Waals surface area contributed by atoms with E-state index in [9.17, 15) is 8.42 Å². The Bertz CT molecular complexity index is 717. The summed E-state index contributed by atoms with van der Waals surface area (Å²) in [6.45, 7) is 1.88. The summed E-state index contributed by atoms with van der Waals surface area (Å²) in [5.74, 6) is 0.171. The van der Waals surface area contributed by atoms with Crippen molar-refractivity contribution < 1.29 is 8.42 Å². The lowest BCUT2D eigenvalue weighted by Gasteiger charge is -2.10. The fraction of sp³-hybridized carbons (Fsp3) is 0.0833. The summed E-state index contributed by atoms with van der Waals surface area (Å²) in [7, 11) is -3.83. The number of primary sulfonamides is 1. The van der Waals surface area contributed by atoms with Gasteiger partial charge in [0.05, 0.1) is 0 Å². The number of anilines is 2. The van der Waals surface area contributed by atoms with Crippen molar-refractivity contribution >= 4 is 33.1 Å². The molecule has 0 saturated heterocycles. The molecule has 2 aromatic rings. The van der Waals surface area contributed by atoms with Crippen LogP contribution in [0.1, 0.15) is 5.56 Å². The van der Waals surface area contributed by atoms with Crippen molar-refractivity contribution in [3.63, 3.8) is 0 Å². The van der Waals surface area contributed by atoms with Gasteiger partial charge in [-0.25, -0.2) is 18.5 Å². The zero-order chi connectivity index (χ0) is 14.0. The second-order valence-corrected chi connectivity index (χ2v) is 5.92. The first kappa shape index (κ1) is 13.8. The van der Waals surface area contributed by atoms with Gasteiger partial charge in [0, 0.05) is 16.9 Å². The van der Waals surface area contributed by atoms with Gasteiger partial charge in [0.25, 0.3) is 0 Å². The summed E-state index contributed by atoms with van der Waals surface area (Å²) in [4.78, 5) is 3.92. The Morgan fingerprint density at radius 1 is 1.32 bits per heavy atom. The second kappa shape index (κ2) is 5.16. The van der Waals surface area contributed by atoms with Crippen LogP contribution in [0.3, 0.4) is 0 Å². The number of rotatable bonds is 3. The predicted octanol–water partition coefficient (Wildman–Crippen LogP) is 2.43. The minimum Gasteiger partial charge on any atom is -0.339 e. The quantitative estimate of drug-likeness (QED) is 0.911. The number of sulfonamides is 1. The number of pyridine rings is 1. The lowest BCUT2D eigenvalue weighted by atomic mass is 10.2. The zero-order valence-electron chi connectivity index (χ0n) is 10.1. The third-order valence-corrected chi connectivity index (χ3v) is 3.86. The minimum absolute atomic E-state index is 0.0632. The summed E-state index contributed by atoms with van der Waals surface area (Å²) < 4.78 is 22.9. The molecule has 2 rings (SSSR count). The van der Waals surface area contributed by atoms with Crippen LogP contribution in [0.15, 0.2) is 41.4 Å². The SMILES string of the molecule is Cc1ccc(Nc2ncccc2S(N)(=O)=O)cc1Cl. The highest BCUT2D eigenvalue weighted by atomic mass is 35.5. The molecule has 0 aliphatic carbocycles. The number of hydrogen-bond acceptors (Lipinski definition) is 4. The summed E-state index contributed by atoms with van der Waals surface area (Å²) in [6, 6.07) is 8.19. The van der Waals surface area contributed by atoms with E-state index in [4.69, 9.17) is 16.7 Å². The molecule has 0 fully saturated rings. The van der Waals surface area contributed by atoms with Gasteiger partial charge in [-0.1, -0.05) is 17.7 Å². The minimum atomic E-state index is -3.83. The Morgan fingerprint density at radius 3 is 2.68 bits per heavy atom. The maximum absolute atomic E-state index is 11.4. The summed E-state index contributed by atoms with van der Waals surface area (Å²) in [6.07, 6.45) is 1.48. The molecule has 0 aliphatic rings. The van der Waals surface area contributed by atoms with Crippen molar-refractivity contribution in [3.05, 3.63) is 47.1 Å². The van der Waals surface area contributed by atoms with Gasteiger partial charge in [-0.3, -0.25) is 0 Å². The molecule has 0 radical (unpaired) electrons. The molecule has 0 spiro atoms. The molecule has 19 heavy (non-hydrogen) atoms. The number of aryl methyl sites for hydroxylation is 1. The second-order valence-electron chi connectivity index (χ2n) is 3.98. The maximum atomic E-state index is 11.4. The first-order valence-electron chi connectivity index (χ1n) is 5.39. The fourth-order valence-electron chi connectivity index (χ4n) is 1.52. The van der Waals surface area contributed by atoms with E-state index in [1.54, 1.807) is 12.1 Å². The van der Waals surface area contributed by atoms with E-state index in [-0.39, 0.29) is 10.7 Å². The average Bonchev–Trinajstić information content (AvgIpc) is 2.33. The highest BCUT2D eigenvalue weighted by Crippen LogP contribution is 2.25. The largest absolute Gasteiger partial charge is 0.339 e. The van der Waals surface area contributed by atoms with Crippen molar-refractivity contribution in [2.45, 2.75) is 11.8 Å². The first-order chi connectivity index (χ1) is 8.88. The van der Waals surface area contributed by atoms with E-state index in [2.05, 4.69) is 10.3 Å². The Morgan fingerprint density at radius 2 is 2.05 bits per heavy atom. The first-order valence-corrected chi connectivity index (χ1v) is 7.31. The number of hydrogen-bond donors (Lipinski definition) is 2. The van der Waals surface area contributed by atoms with Crippen LogP contribution in [0, 0.1) is 6.92 Å². The van der Waals surface area contributed by atoms with Gasteiger partial charge in [-0.05, 0) is 36.8 Å². The number of benzene rings is 1. The molecule has 7 heteroatoms. The molecule has 1 aromatic carbocycles. The van der Waals surface area contributed by atoms with Gasteiger partial charge in [0.15, 0.2) is 5.82 Å². The number of nitrogens with one attached hydrogen (secondary N) is 1. The predicted molar refractivity (Wildman–Crippen MR) is 75.1 cm³/mol. The van der Waals surface area contributed by atoms with Crippen LogP contribution in [0.25, 0.3) is 0 Å². The van der Waals surface area contributed by atoms with Crippen molar-refractivity contribution in [1.29, 1.82) is 0 Å². The Labute approximate surface area is 116 Å². The Kier molecular flexibility index (Phi) is 3.75. The van der Waals surface area contributed by atoms with Gasteiger partial charge < -0.3 is 5.32 Å². The molecule has 0 saturated carbocycles. The molecule has 3 N–H and O–H groups in total. The Hall–Kier alpha value is -1.63. The molecule has 0 unspecified atom stereocenters. The monoisotopic (exact) mass is 297 g/mol. The summed E-state index contributed by atoms with van der Waals surface area (Å²) in [5.41, 5.74) is 1.57. The van der Waals surface area contributed by atoms with Gasteiger partial charge in [0.2, 0.25) is 10.0 Å². The molecule has 100 valence electrons. The van der Waals surface area contributed by atoms with E-state index in [0.29, 0.717) is 10.7 Å². The molecule has 1 aromatic heterocycles. The van der Waals surface area contributed by atoms with Crippen LogP contribution in [0.4, 0.5) is 11.5 Å². The third-order valence-electron chi connectivity index (χ3n) is 2.51. The molecular weight excluding hydrogens is 286 g/mol. The summed E-state index contributed by atoms with van der Waals surface area (Å²) >= 11 is 6.01. The average molecular weight is 298 g/mol. The van der Waals surface area contributed by atoms with Crippen LogP contribution >= 0.6 is 11.6 Å². The fourth-order valence-corrected chi connectivity index (χ4v) is 2.34. The normalized spacial score (nSPS) is 11.3. The number of halogens is 1. The molecule has 0 atom stereocenters. The number of aromatic nitrogens is 1. The van der Waals surface area contributed by atoms with Crippen LogP contribution in [-0.2, 0) is 10.0 Å². The highest BCUT2D eigenvalue weighted by Gasteiger charge is 2.14. The van der Waals surface area contributed by atoms with Crippen LogP contribution < -0.4 is 10.5 Å².